The van der Waals surface area contributed by atoms with Gasteiger partial charge in [0.2, 0.25) is 0 Å². The molecule has 7 nitrogen and oxygen atoms in total. The van der Waals surface area contributed by atoms with Crippen LogP contribution in [0, 0.1) is 0 Å². The zero-order chi connectivity index (χ0) is 18.8. The highest BCUT2D eigenvalue weighted by Gasteiger charge is 2.17. The highest BCUT2D eigenvalue weighted by Crippen LogP contribution is 2.31. The van der Waals surface area contributed by atoms with Crippen molar-refractivity contribution >= 4 is 45.4 Å². The number of carbonyl (C=O) groups excluding carboxylic acids is 1. The zero-order valence-corrected chi connectivity index (χ0v) is 15.9. The van der Waals surface area contributed by atoms with Crippen LogP contribution in [0.4, 0.5) is 10.5 Å². The number of imidazole rings is 1. The van der Waals surface area contributed by atoms with Gasteiger partial charge in [-0.25, -0.2) is 14.5 Å². The van der Waals surface area contributed by atoms with Crippen molar-refractivity contribution in [3.05, 3.63) is 41.3 Å². The molecular weight excluding hydrogens is 379 g/mol. The van der Waals surface area contributed by atoms with Crippen LogP contribution >= 0.6 is 23.2 Å². The number of halogens is 2. The van der Waals surface area contributed by atoms with Gasteiger partial charge in [0.1, 0.15) is 28.5 Å². The fraction of sp³-hybridized carbons (Fsp3) is 0.235. The van der Waals surface area contributed by atoms with Gasteiger partial charge in [-0.3, -0.25) is 4.79 Å². The van der Waals surface area contributed by atoms with E-state index < -0.39 is 5.37 Å². The van der Waals surface area contributed by atoms with Gasteiger partial charge in [0.05, 0.1) is 19.9 Å². The first-order valence-electron chi connectivity index (χ1n) is 7.60. The molecule has 0 N–H and O–H groups in total. The topological polar surface area (TPSA) is 69.5 Å². The molecule has 0 aliphatic heterocycles. The number of anilines is 1. The number of carbonyl (C=O) groups is 1. The minimum Gasteiger partial charge on any atom is -0.497 e. The first-order valence-corrected chi connectivity index (χ1v) is 8.35. The van der Waals surface area contributed by atoms with Gasteiger partial charge >= 0.3 is 5.37 Å². The monoisotopic (exact) mass is 394 g/mol. The zero-order valence-electron chi connectivity index (χ0n) is 14.4. The number of pyridine rings is 1. The van der Waals surface area contributed by atoms with E-state index in [1.165, 1.54) is 6.33 Å². The Bertz CT molecular complexity index is 974. The van der Waals surface area contributed by atoms with Crippen LogP contribution < -0.4 is 14.4 Å². The maximum atomic E-state index is 11.5. The Labute approximate surface area is 160 Å². The minimum atomic E-state index is -0.701. The summed E-state index contributed by atoms with van der Waals surface area (Å²) < 4.78 is 11.8. The molecule has 0 fully saturated rings. The number of methoxy groups -OCH3 is 2. The molecule has 0 radical (unpaired) electrons. The van der Waals surface area contributed by atoms with E-state index in [2.05, 4.69) is 9.97 Å². The third-order valence-electron chi connectivity index (χ3n) is 3.96. The lowest BCUT2D eigenvalue weighted by molar-refractivity contribution is 0.261. The van der Waals surface area contributed by atoms with Gasteiger partial charge in [-0.05, 0) is 23.7 Å². The van der Waals surface area contributed by atoms with E-state index in [0.717, 1.165) is 15.8 Å². The number of hydrogen-bond acceptors (Lipinski definition) is 6. The molecule has 0 unspecified atom stereocenters. The van der Waals surface area contributed by atoms with E-state index in [1.807, 2.05) is 30.1 Å². The van der Waals surface area contributed by atoms with Crippen LogP contribution in [0.1, 0.15) is 5.56 Å². The summed E-state index contributed by atoms with van der Waals surface area (Å²) >= 11 is 11.7. The summed E-state index contributed by atoms with van der Waals surface area (Å²) in [6.07, 6.45) is 1.33. The Balaban J connectivity index is 2.01. The summed E-state index contributed by atoms with van der Waals surface area (Å²) in [5, 5.41) is -0.464. The van der Waals surface area contributed by atoms with Crippen LogP contribution in [0.5, 0.6) is 11.5 Å². The van der Waals surface area contributed by atoms with Crippen molar-refractivity contribution < 1.29 is 14.3 Å². The molecule has 0 atom stereocenters. The second kappa shape index (κ2) is 7.39. The first kappa shape index (κ1) is 18.3. The van der Waals surface area contributed by atoms with Gasteiger partial charge in [-0.2, -0.15) is 0 Å². The maximum Gasteiger partial charge on any atom is 0.327 e. The van der Waals surface area contributed by atoms with Gasteiger partial charge in [0.25, 0.3) is 0 Å². The van der Waals surface area contributed by atoms with Crippen molar-refractivity contribution in [3.63, 3.8) is 0 Å². The number of rotatable bonds is 5. The van der Waals surface area contributed by atoms with E-state index >= 15 is 0 Å². The molecule has 1 aromatic carbocycles. The summed E-state index contributed by atoms with van der Waals surface area (Å²) in [6, 6.07) is 7.30. The van der Waals surface area contributed by atoms with E-state index in [-0.39, 0.29) is 5.15 Å². The van der Waals surface area contributed by atoms with Crippen molar-refractivity contribution in [2.75, 3.05) is 26.2 Å². The Morgan fingerprint density at radius 2 is 2.04 bits per heavy atom. The summed E-state index contributed by atoms with van der Waals surface area (Å²) in [5.41, 5.74) is 2.50. The molecule has 3 aromatic rings. The highest BCUT2D eigenvalue weighted by atomic mass is 35.5. The average Bonchev–Trinajstić information content (AvgIpc) is 3.05. The molecule has 3 rings (SSSR count). The number of nitrogens with zero attached hydrogens (tertiary/aromatic N) is 4. The normalized spacial score (nSPS) is 10.8. The van der Waals surface area contributed by atoms with Crippen molar-refractivity contribution in [3.8, 4) is 11.5 Å². The first-order chi connectivity index (χ1) is 12.4. The maximum absolute atomic E-state index is 11.5. The van der Waals surface area contributed by atoms with Gasteiger partial charge in [0, 0.05) is 31.3 Å². The third-order valence-corrected chi connectivity index (χ3v) is 4.33. The van der Waals surface area contributed by atoms with Crippen LogP contribution in [0.25, 0.3) is 11.2 Å². The van der Waals surface area contributed by atoms with E-state index in [4.69, 9.17) is 32.7 Å². The molecule has 0 aliphatic carbocycles. The summed E-state index contributed by atoms with van der Waals surface area (Å²) in [5.74, 6) is 1.41. The second-order valence-corrected chi connectivity index (χ2v) is 6.25. The summed E-state index contributed by atoms with van der Waals surface area (Å²) in [7, 11) is 5.09. The molecule has 2 aromatic heterocycles. The molecule has 26 heavy (non-hydrogen) atoms. The lowest BCUT2D eigenvalue weighted by Crippen LogP contribution is -2.17. The largest absolute Gasteiger partial charge is 0.497 e. The van der Waals surface area contributed by atoms with E-state index in [9.17, 15) is 4.79 Å². The second-order valence-electron chi connectivity index (χ2n) is 5.54. The number of aromatic nitrogens is 3. The number of fused-ring (bicyclic) bond motifs is 1. The average molecular weight is 395 g/mol. The highest BCUT2D eigenvalue weighted by molar-refractivity contribution is 6.63. The van der Waals surface area contributed by atoms with E-state index in [0.29, 0.717) is 29.2 Å². The quantitative estimate of drug-likeness (QED) is 0.482. The van der Waals surface area contributed by atoms with Crippen LogP contribution in [-0.4, -0.2) is 41.2 Å². The molecule has 136 valence electrons. The van der Waals surface area contributed by atoms with Gasteiger partial charge in [-0.1, -0.05) is 11.6 Å². The molecule has 0 saturated carbocycles. The van der Waals surface area contributed by atoms with Crippen molar-refractivity contribution in [1.29, 1.82) is 0 Å². The number of ether oxygens (including phenoxy) is 2. The molecule has 0 spiro atoms. The molecular formula is C17H16Cl2N4O3. The van der Waals surface area contributed by atoms with Gasteiger partial charge in [0.15, 0.2) is 5.65 Å². The van der Waals surface area contributed by atoms with Crippen molar-refractivity contribution in [2.24, 2.45) is 0 Å². The minimum absolute atomic E-state index is 0.237. The Kier molecular flexibility index (Phi) is 5.20. The summed E-state index contributed by atoms with van der Waals surface area (Å²) in [4.78, 5) is 21.9. The number of hydrogen-bond donors (Lipinski definition) is 0. The summed E-state index contributed by atoms with van der Waals surface area (Å²) in [6.45, 7) is 0.518. The van der Waals surface area contributed by atoms with Crippen LogP contribution in [0.3, 0.4) is 0 Å². The Morgan fingerprint density at radius 1 is 1.27 bits per heavy atom. The molecule has 9 heteroatoms. The standard InChI is InChI=1S/C17H16Cl2N4O3/c1-22(8-10-4-5-11(25-2)6-13(10)26-3)12-7-14(18)21-16-15(12)20-9-23(16)17(19)24/h4-7,9H,8H2,1-3H3. The van der Waals surface area contributed by atoms with Gasteiger partial charge < -0.3 is 14.4 Å². The number of benzene rings is 1. The lowest BCUT2D eigenvalue weighted by atomic mass is 10.1. The van der Waals surface area contributed by atoms with E-state index in [1.54, 1.807) is 20.3 Å². The predicted octanol–water partition coefficient (Wildman–Crippen LogP) is 3.95. The molecule has 0 saturated heterocycles. The van der Waals surface area contributed by atoms with Crippen LogP contribution in [0.15, 0.2) is 30.6 Å². The van der Waals surface area contributed by atoms with Crippen molar-refractivity contribution in [1.82, 2.24) is 14.5 Å². The van der Waals surface area contributed by atoms with Crippen LogP contribution in [-0.2, 0) is 6.54 Å². The predicted molar refractivity (Wildman–Crippen MR) is 101 cm³/mol. The smallest absolute Gasteiger partial charge is 0.327 e. The fourth-order valence-electron chi connectivity index (χ4n) is 2.69. The molecule has 2 heterocycles. The fourth-order valence-corrected chi connectivity index (χ4v) is 2.99. The van der Waals surface area contributed by atoms with Gasteiger partial charge in [-0.15, -0.1) is 0 Å². The van der Waals surface area contributed by atoms with Crippen LogP contribution in [0.2, 0.25) is 5.15 Å². The molecule has 0 amide bonds. The molecule has 0 bridgehead atoms. The Hall–Kier alpha value is -2.51. The third kappa shape index (κ3) is 3.40. The van der Waals surface area contributed by atoms with Crippen molar-refractivity contribution in [2.45, 2.75) is 6.54 Å². The Morgan fingerprint density at radius 3 is 2.69 bits per heavy atom. The molecule has 0 aliphatic rings. The SMILES string of the molecule is COc1ccc(CN(C)c2cc(Cl)nc3c2ncn3C(=O)Cl)c(OC)c1. The lowest BCUT2D eigenvalue weighted by Gasteiger charge is -2.21.